The van der Waals surface area contributed by atoms with Gasteiger partial charge in [-0.15, -0.1) is 0 Å². The van der Waals surface area contributed by atoms with Crippen molar-refractivity contribution in [3.05, 3.63) is 51.9 Å². The maximum atomic E-state index is 12.3. The SMILES string of the molecule is COC(=O)c1cc(COC(=O)[C@@H]2COc3ccc(Cl)cc3C2)oc1C. The average molecular weight is 365 g/mol. The average Bonchev–Trinajstić information content (AvgIpc) is 2.99. The van der Waals surface area contributed by atoms with Gasteiger partial charge in [-0.2, -0.15) is 0 Å². The van der Waals surface area contributed by atoms with Crippen LogP contribution >= 0.6 is 11.6 Å². The van der Waals surface area contributed by atoms with E-state index in [9.17, 15) is 9.59 Å². The lowest BCUT2D eigenvalue weighted by atomic mass is 9.97. The second-order valence-electron chi connectivity index (χ2n) is 5.75. The first kappa shape index (κ1) is 17.4. The molecule has 1 aromatic carbocycles. The molecule has 2 heterocycles. The van der Waals surface area contributed by atoms with Crippen LogP contribution in [0.2, 0.25) is 5.02 Å². The molecule has 1 atom stereocenters. The smallest absolute Gasteiger partial charge is 0.341 e. The number of hydrogen-bond acceptors (Lipinski definition) is 6. The lowest BCUT2D eigenvalue weighted by molar-refractivity contribution is -0.151. The third-order valence-corrected chi connectivity index (χ3v) is 4.23. The van der Waals surface area contributed by atoms with Crippen LogP contribution in [0.15, 0.2) is 28.7 Å². The second kappa shape index (κ2) is 7.19. The zero-order valence-electron chi connectivity index (χ0n) is 13.8. The minimum atomic E-state index is -0.493. The van der Waals surface area contributed by atoms with Crippen molar-refractivity contribution in [3.63, 3.8) is 0 Å². The van der Waals surface area contributed by atoms with Gasteiger partial charge in [0.2, 0.25) is 0 Å². The highest BCUT2D eigenvalue weighted by Gasteiger charge is 2.28. The van der Waals surface area contributed by atoms with Crippen molar-refractivity contribution in [1.29, 1.82) is 0 Å². The van der Waals surface area contributed by atoms with Gasteiger partial charge < -0.3 is 18.6 Å². The maximum Gasteiger partial charge on any atom is 0.341 e. The van der Waals surface area contributed by atoms with Gasteiger partial charge in [0.1, 0.15) is 36.0 Å². The van der Waals surface area contributed by atoms with E-state index in [1.165, 1.54) is 13.2 Å². The lowest BCUT2D eigenvalue weighted by Gasteiger charge is -2.24. The molecule has 1 aromatic heterocycles. The molecule has 3 rings (SSSR count). The van der Waals surface area contributed by atoms with Gasteiger partial charge in [-0.1, -0.05) is 11.6 Å². The number of benzene rings is 1. The molecular weight excluding hydrogens is 348 g/mol. The molecule has 6 nitrogen and oxygen atoms in total. The molecule has 132 valence electrons. The Morgan fingerprint density at radius 3 is 2.88 bits per heavy atom. The van der Waals surface area contributed by atoms with E-state index in [2.05, 4.69) is 4.74 Å². The number of carbonyl (C=O) groups is 2. The predicted octanol–water partition coefficient (Wildman–Crippen LogP) is 3.32. The molecule has 0 fully saturated rings. The van der Waals surface area contributed by atoms with Gasteiger partial charge in [0, 0.05) is 5.02 Å². The van der Waals surface area contributed by atoms with Crippen molar-refractivity contribution in [3.8, 4) is 5.75 Å². The van der Waals surface area contributed by atoms with Crippen LogP contribution in [0, 0.1) is 12.8 Å². The molecule has 0 saturated carbocycles. The first-order chi connectivity index (χ1) is 12.0. The molecule has 0 bridgehead atoms. The highest BCUT2D eigenvalue weighted by molar-refractivity contribution is 6.30. The van der Waals surface area contributed by atoms with Crippen molar-refractivity contribution in [2.24, 2.45) is 5.92 Å². The summed E-state index contributed by atoms with van der Waals surface area (Å²) < 4.78 is 21.0. The minimum Gasteiger partial charge on any atom is -0.492 e. The lowest BCUT2D eigenvalue weighted by Crippen LogP contribution is -2.29. The van der Waals surface area contributed by atoms with Crippen LogP contribution in [0.3, 0.4) is 0 Å². The molecule has 0 N–H and O–H groups in total. The summed E-state index contributed by atoms with van der Waals surface area (Å²) >= 11 is 5.98. The van der Waals surface area contributed by atoms with Gasteiger partial charge >= 0.3 is 11.9 Å². The molecule has 0 radical (unpaired) electrons. The first-order valence-electron chi connectivity index (χ1n) is 7.73. The number of halogens is 1. The summed E-state index contributed by atoms with van der Waals surface area (Å²) in [4.78, 5) is 23.8. The van der Waals surface area contributed by atoms with Crippen molar-refractivity contribution < 1.29 is 28.2 Å². The molecule has 2 aromatic rings. The number of methoxy groups -OCH3 is 1. The number of esters is 2. The number of aryl methyl sites for hydroxylation is 1. The standard InChI is InChI=1S/C18H17ClO6/c1-10-15(18(21)22-2)7-14(25-10)9-24-17(20)12-5-11-6-13(19)3-4-16(11)23-8-12/h3-4,6-7,12H,5,8-9H2,1-2H3/t12-/m0/s1. The van der Waals surface area contributed by atoms with Gasteiger partial charge in [-0.25, -0.2) is 4.79 Å². The van der Waals surface area contributed by atoms with Crippen molar-refractivity contribution in [2.45, 2.75) is 20.0 Å². The Balaban J connectivity index is 1.61. The van der Waals surface area contributed by atoms with Gasteiger partial charge in [0.15, 0.2) is 0 Å². The molecule has 25 heavy (non-hydrogen) atoms. The number of fused-ring (bicyclic) bond motifs is 1. The molecule has 7 heteroatoms. The summed E-state index contributed by atoms with van der Waals surface area (Å²) in [5.41, 5.74) is 1.20. The van der Waals surface area contributed by atoms with E-state index in [-0.39, 0.29) is 19.2 Å². The van der Waals surface area contributed by atoms with Crippen molar-refractivity contribution in [2.75, 3.05) is 13.7 Å². The second-order valence-corrected chi connectivity index (χ2v) is 6.18. The van der Waals surface area contributed by atoms with E-state index in [0.29, 0.717) is 28.5 Å². The van der Waals surface area contributed by atoms with Crippen LogP contribution in [0.1, 0.15) is 27.4 Å². The fourth-order valence-corrected chi connectivity index (χ4v) is 2.90. The van der Waals surface area contributed by atoms with Crippen molar-refractivity contribution in [1.82, 2.24) is 0 Å². The highest BCUT2D eigenvalue weighted by atomic mass is 35.5. The minimum absolute atomic E-state index is 0.0599. The molecule has 1 aliphatic heterocycles. The molecular formula is C18H17ClO6. The van der Waals surface area contributed by atoms with E-state index in [0.717, 1.165) is 11.3 Å². The number of furan rings is 1. The highest BCUT2D eigenvalue weighted by Crippen LogP contribution is 2.30. The Morgan fingerprint density at radius 1 is 1.32 bits per heavy atom. The van der Waals surface area contributed by atoms with Crippen LogP contribution in [0.5, 0.6) is 5.75 Å². The summed E-state index contributed by atoms with van der Waals surface area (Å²) in [7, 11) is 1.29. The van der Waals surface area contributed by atoms with Crippen LogP contribution in [0.25, 0.3) is 0 Å². The fraction of sp³-hybridized carbons (Fsp3) is 0.333. The van der Waals surface area contributed by atoms with Gasteiger partial charge in [0.05, 0.1) is 13.0 Å². The Labute approximate surface area is 149 Å². The number of hydrogen-bond donors (Lipinski definition) is 0. The monoisotopic (exact) mass is 364 g/mol. The van der Waals surface area contributed by atoms with E-state index < -0.39 is 11.9 Å². The molecule has 0 unspecified atom stereocenters. The first-order valence-corrected chi connectivity index (χ1v) is 8.11. The number of ether oxygens (including phenoxy) is 3. The summed E-state index contributed by atoms with van der Waals surface area (Å²) in [6.07, 6.45) is 0.499. The van der Waals surface area contributed by atoms with Gasteiger partial charge in [-0.3, -0.25) is 4.79 Å². The van der Waals surface area contributed by atoms with E-state index in [4.69, 9.17) is 25.5 Å². The summed E-state index contributed by atoms with van der Waals surface area (Å²) in [5.74, 6) is 0.237. The molecule has 1 aliphatic rings. The molecule has 0 amide bonds. The quantitative estimate of drug-likeness (QED) is 0.775. The third-order valence-electron chi connectivity index (χ3n) is 3.99. The van der Waals surface area contributed by atoms with E-state index in [1.807, 2.05) is 0 Å². The zero-order valence-corrected chi connectivity index (χ0v) is 14.6. The summed E-state index contributed by atoms with van der Waals surface area (Å²) in [5, 5.41) is 0.595. The third kappa shape index (κ3) is 3.79. The maximum absolute atomic E-state index is 12.3. The molecule has 0 saturated heterocycles. The fourth-order valence-electron chi connectivity index (χ4n) is 2.70. The number of rotatable bonds is 4. The predicted molar refractivity (Wildman–Crippen MR) is 88.7 cm³/mol. The molecule has 0 aliphatic carbocycles. The zero-order chi connectivity index (χ0) is 18.0. The summed E-state index contributed by atoms with van der Waals surface area (Å²) in [6, 6.07) is 6.84. The largest absolute Gasteiger partial charge is 0.492 e. The normalized spacial score (nSPS) is 15.9. The Hall–Kier alpha value is -2.47. The van der Waals surface area contributed by atoms with Crippen LogP contribution in [-0.4, -0.2) is 25.7 Å². The Morgan fingerprint density at radius 2 is 2.12 bits per heavy atom. The van der Waals surface area contributed by atoms with Gasteiger partial charge in [-0.05, 0) is 43.2 Å². The molecule has 0 spiro atoms. The van der Waals surface area contributed by atoms with Crippen LogP contribution in [0.4, 0.5) is 0 Å². The van der Waals surface area contributed by atoms with E-state index in [1.54, 1.807) is 25.1 Å². The van der Waals surface area contributed by atoms with Crippen LogP contribution in [-0.2, 0) is 27.3 Å². The Kier molecular flexibility index (Phi) is 4.99. The Bertz CT molecular complexity index is 810. The number of carbonyl (C=O) groups excluding carboxylic acids is 2. The summed E-state index contributed by atoms with van der Waals surface area (Å²) in [6.45, 7) is 1.83. The topological polar surface area (TPSA) is 75.0 Å². The van der Waals surface area contributed by atoms with E-state index >= 15 is 0 Å². The van der Waals surface area contributed by atoms with Crippen molar-refractivity contribution >= 4 is 23.5 Å². The van der Waals surface area contributed by atoms with Gasteiger partial charge in [0.25, 0.3) is 0 Å². The van der Waals surface area contributed by atoms with Crippen LogP contribution < -0.4 is 4.74 Å².